The Hall–Kier alpha value is -1.89. The summed E-state index contributed by atoms with van der Waals surface area (Å²) in [5.74, 6) is -3.60. The van der Waals surface area contributed by atoms with E-state index in [1.54, 1.807) is 0 Å². The number of hydrogen-bond acceptors (Lipinski definition) is 3. The SMILES string of the molecule is CCCCCC/C=C/CC[N+](C(C)C(=O)O)(C(C)C(=O)O)C(C)C(=O)O. The van der Waals surface area contributed by atoms with Crippen molar-refractivity contribution in [3.05, 3.63) is 12.2 Å². The molecule has 3 atom stereocenters. The molecular weight excluding hydrogens is 338 g/mol. The molecule has 0 rings (SSSR count). The van der Waals surface area contributed by atoms with Crippen molar-refractivity contribution >= 4 is 17.9 Å². The fraction of sp³-hybridized carbons (Fsp3) is 0.737. The van der Waals surface area contributed by atoms with Crippen LogP contribution in [0.4, 0.5) is 0 Å². The molecule has 0 amide bonds. The maximum absolute atomic E-state index is 11.6. The quantitative estimate of drug-likeness (QED) is 0.245. The lowest BCUT2D eigenvalue weighted by Gasteiger charge is -2.47. The van der Waals surface area contributed by atoms with E-state index in [1.807, 2.05) is 12.2 Å². The number of carboxylic acids is 3. The summed E-state index contributed by atoms with van der Waals surface area (Å²) in [7, 11) is 0. The lowest BCUT2D eigenvalue weighted by atomic mass is 10.0. The third kappa shape index (κ3) is 6.44. The van der Waals surface area contributed by atoms with Gasteiger partial charge in [-0.05, 0) is 33.6 Å². The van der Waals surface area contributed by atoms with Crippen molar-refractivity contribution < 1.29 is 34.2 Å². The topological polar surface area (TPSA) is 112 Å². The van der Waals surface area contributed by atoms with Crippen LogP contribution in [0.1, 0.15) is 66.2 Å². The van der Waals surface area contributed by atoms with Crippen LogP contribution in [0.2, 0.25) is 0 Å². The maximum atomic E-state index is 11.6. The lowest BCUT2D eigenvalue weighted by molar-refractivity contribution is -0.967. The van der Waals surface area contributed by atoms with Gasteiger partial charge < -0.3 is 15.3 Å². The van der Waals surface area contributed by atoms with Crippen LogP contribution in [-0.2, 0) is 14.4 Å². The van der Waals surface area contributed by atoms with Gasteiger partial charge in [-0.3, -0.25) is 4.48 Å². The molecule has 3 N–H and O–H groups in total. The number of rotatable bonds is 14. The molecule has 0 aromatic heterocycles. The number of allylic oxidation sites excluding steroid dienone is 1. The first-order valence-electron chi connectivity index (χ1n) is 9.33. The summed E-state index contributed by atoms with van der Waals surface area (Å²) in [5, 5.41) is 28.4. The van der Waals surface area contributed by atoms with E-state index in [0.29, 0.717) is 6.42 Å². The van der Waals surface area contributed by atoms with Gasteiger partial charge in [0, 0.05) is 6.42 Å². The third-order valence-corrected chi connectivity index (χ3v) is 5.31. The highest BCUT2D eigenvalue weighted by Gasteiger charge is 2.52. The molecule has 0 bridgehead atoms. The number of carbonyl (C=O) groups is 3. The molecule has 0 aromatic rings. The molecule has 0 saturated heterocycles. The largest absolute Gasteiger partial charge is 0.477 e. The molecule has 7 nitrogen and oxygen atoms in total. The van der Waals surface area contributed by atoms with Gasteiger partial charge in [0.2, 0.25) is 0 Å². The summed E-state index contributed by atoms with van der Waals surface area (Å²) >= 11 is 0. The average molecular weight is 372 g/mol. The van der Waals surface area contributed by atoms with Gasteiger partial charge in [0.15, 0.2) is 18.1 Å². The van der Waals surface area contributed by atoms with Crippen molar-refractivity contribution in [1.29, 1.82) is 0 Å². The first kappa shape index (κ1) is 24.1. The van der Waals surface area contributed by atoms with Crippen LogP contribution in [0.15, 0.2) is 12.2 Å². The first-order valence-corrected chi connectivity index (χ1v) is 9.33. The van der Waals surface area contributed by atoms with E-state index in [-0.39, 0.29) is 6.54 Å². The van der Waals surface area contributed by atoms with E-state index in [4.69, 9.17) is 0 Å². The van der Waals surface area contributed by atoms with Crippen molar-refractivity contribution in [2.45, 2.75) is 84.3 Å². The van der Waals surface area contributed by atoms with Gasteiger partial charge in [-0.2, -0.15) is 0 Å². The Morgan fingerprint density at radius 2 is 1.19 bits per heavy atom. The number of nitrogens with zero attached hydrogens (tertiary/aromatic N) is 1. The molecule has 150 valence electrons. The number of hydrogen-bond donors (Lipinski definition) is 3. The highest BCUT2D eigenvalue weighted by Crippen LogP contribution is 2.27. The zero-order valence-electron chi connectivity index (χ0n) is 16.4. The number of unbranched alkanes of at least 4 members (excludes halogenated alkanes) is 4. The summed E-state index contributed by atoms with van der Waals surface area (Å²) in [6.07, 6.45) is 9.84. The van der Waals surface area contributed by atoms with Crippen LogP contribution in [-0.4, -0.2) is 62.4 Å². The molecule has 0 aliphatic rings. The van der Waals surface area contributed by atoms with Gasteiger partial charge in [0.25, 0.3) is 0 Å². The van der Waals surface area contributed by atoms with Gasteiger partial charge >= 0.3 is 17.9 Å². The Balaban J connectivity index is 5.36. The van der Waals surface area contributed by atoms with Gasteiger partial charge in [-0.1, -0.05) is 38.3 Å². The van der Waals surface area contributed by atoms with Gasteiger partial charge in [0.05, 0.1) is 6.54 Å². The minimum Gasteiger partial charge on any atom is -0.477 e. The number of carboxylic acid groups (broad SMARTS) is 3. The Morgan fingerprint density at radius 1 is 0.769 bits per heavy atom. The van der Waals surface area contributed by atoms with Crippen molar-refractivity contribution in [3.63, 3.8) is 0 Å². The van der Waals surface area contributed by atoms with Crippen molar-refractivity contribution in [1.82, 2.24) is 0 Å². The first-order chi connectivity index (χ1) is 12.1. The smallest absolute Gasteiger partial charge is 0.362 e. The predicted molar refractivity (Wildman–Crippen MR) is 98.9 cm³/mol. The van der Waals surface area contributed by atoms with Crippen LogP contribution in [0, 0.1) is 0 Å². The second-order valence-corrected chi connectivity index (χ2v) is 6.87. The molecule has 3 unspecified atom stereocenters. The molecule has 0 fully saturated rings. The zero-order chi connectivity index (χ0) is 20.3. The van der Waals surface area contributed by atoms with E-state index in [0.717, 1.165) is 25.7 Å². The van der Waals surface area contributed by atoms with E-state index in [9.17, 15) is 29.7 Å². The van der Waals surface area contributed by atoms with Crippen molar-refractivity contribution in [2.75, 3.05) is 6.54 Å². The normalized spacial score (nSPS) is 17.4. The number of aliphatic carboxylic acids is 3. The van der Waals surface area contributed by atoms with Gasteiger partial charge in [-0.15, -0.1) is 0 Å². The zero-order valence-corrected chi connectivity index (χ0v) is 16.4. The van der Waals surface area contributed by atoms with Crippen molar-refractivity contribution in [2.24, 2.45) is 0 Å². The van der Waals surface area contributed by atoms with Crippen LogP contribution in [0.25, 0.3) is 0 Å². The molecule has 7 heteroatoms. The lowest BCUT2D eigenvalue weighted by Crippen LogP contribution is -2.70. The minimum absolute atomic E-state index is 0.139. The van der Waals surface area contributed by atoms with Gasteiger partial charge in [-0.25, -0.2) is 14.4 Å². The Morgan fingerprint density at radius 3 is 1.58 bits per heavy atom. The van der Waals surface area contributed by atoms with E-state index >= 15 is 0 Å². The molecule has 0 aliphatic heterocycles. The number of quaternary nitrogens is 1. The molecule has 0 aromatic carbocycles. The maximum Gasteiger partial charge on any atom is 0.362 e. The van der Waals surface area contributed by atoms with Crippen molar-refractivity contribution in [3.8, 4) is 0 Å². The molecule has 26 heavy (non-hydrogen) atoms. The predicted octanol–water partition coefficient (Wildman–Crippen LogP) is 3.14. The average Bonchev–Trinajstić information content (AvgIpc) is 2.58. The monoisotopic (exact) mass is 372 g/mol. The minimum atomic E-state index is -1.20. The highest BCUT2D eigenvalue weighted by atomic mass is 16.4. The molecule has 0 aliphatic carbocycles. The molecule has 0 spiro atoms. The standard InChI is InChI=1S/C19H33NO6/c1-5-6-7-8-9-10-11-12-13-20(14(2)17(21)22,15(3)18(23)24)16(4)19(25)26/h10-11,14-16H,5-9,12-13H2,1-4H3,(H2-,21,22,23,24,25,26)/p+1/b11-10+. The molecule has 0 heterocycles. The Bertz CT molecular complexity index is 452. The Kier molecular flexibility index (Phi) is 10.8. The summed E-state index contributed by atoms with van der Waals surface area (Å²) in [4.78, 5) is 34.8. The van der Waals surface area contributed by atoms with Crippen LogP contribution >= 0.6 is 0 Å². The van der Waals surface area contributed by atoms with Crippen LogP contribution < -0.4 is 0 Å². The summed E-state index contributed by atoms with van der Waals surface area (Å²) in [6, 6.07) is -3.44. The third-order valence-electron chi connectivity index (χ3n) is 5.31. The van der Waals surface area contributed by atoms with E-state index < -0.39 is 40.5 Å². The summed E-state index contributed by atoms with van der Waals surface area (Å²) in [6.45, 7) is 6.44. The molecule has 0 saturated carbocycles. The van der Waals surface area contributed by atoms with Crippen LogP contribution in [0.3, 0.4) is 0 Å². The second kappa shape index (κ2) is 11.7. The van der Waals surface area contributed by atoms with E-state index in [2.05, 4.69) is 6.92 Å². The second-order valence-electron chi connectivity index (χ2n) is 6.87. The van der Waals surface area contributed by atoms with Gasteiger partial charge in [0.1, 0.15) is 0 Å². The fourth-order valence-corrected chi connectivity index (χ4v) is 3.43. The van der Waals surface area contributed by atoms with Crippen LogP contribution in [0.5, 0.6) is 0 Å². The fourth-order valence-electron chi connectivity index (χ4n) is 3.43. The van der Waals surface area contributed by atoms with E-state index in [1.165, 1.54) is 27.2 Å². The summed E-state index contributed by atoms with van der Waals surface area (Å²) in [5.41, 5.74) is 0. The molecule has 0 radical (unpaired) electrons. The summed E-state index contributed by atoms with van der Waals surface area (Å²) < 4.78 is -0.528. The highest BCUT2D eigenvalue weighted by molar-refractivity contribution is 5.77. The Labute approximate surface area is 155 Å². The molecular formula is C19H34NO6+.